The number of nitrogens with zero attached hydrogens (tertiary/aromatic N) is 1. The van der Waals surface area contributed by atoms with Gasteiger partial charge in [0.1, 0.15) is 18.0 Å². The van der Waals surface area contributed by atoms with Crippen molar-refractivity contribution in [1.29, 1.82) is 0 Å². The van der Waals surface area contributed by atoms with Gasteiger partial charge < -0.3 is 14.2 Å². The number of ether oxygens (including phenoxy) is 3. The Balaban J connectivity index is 1.80. The van der Waals surface area contributed by atoms with Crippen molar-refractivity contribution >= 4 is 11.8 Å². The fraction of sp³-hybridized carbons (Fsp3) is 0.263. The summed E-state index contributed by atoms with van der Waals surface area (Å²) in [5.41, 5.74) is 1.43. The van der Waals surface area contributed by atoms with Crippen LogP contribution >= 0.6 is 0 Å². The molecule has 0 saturated heterocycles. The van der Waals surface area contributed by atoms with Crippen molar-refractivity contribution in [2.45, 2.75) is 26.1 Å². The molecule has 1 aliphatic heterocycles. The van der Waals surface area contributed by atoms with Crippen LogP contribution in [0, 0.1) is 10.1 Å². The van der Waals surface area contributed by atoms with Gasteiger partial charge in [0.15, 0.2) is 11.5 Å². The molecule has 0 bridgehead atoms. The molecule has 6 nitrogen and oxygen atoms in total. The summed E-state index contributed by atoms with van der Waals surface area (Å²) < 4.78 is 17.2. The van der Waals surface area contributed by atoms with Crippen LogP contribution in [0.15, 0.2) is 42.5 Å². The molecule has 0 saturated carbocycles. The van der Waals surface area contributed by atoms with Gasteiger partial charge in [-0.1, -0.05) is 6.08 Å². The summed E-state index contributed by atoms with van der Waals surface area (Å²) >= 11 is 0. The van der Waals surface area contributed by atoms with Crippen molar-refractivity contribution in [3.05, 3.63) is 63.7 Å². The van der Waals surface area contributed by atoms with Crippen molar-refractivity contribution in [3.8, 4) is 17.2 Å². The molecule has 6 heteroatoms. The van der Waals surface area contributed by atoms with Gasteiger partial charge in [-0.2, -0.15) is 0 Å². The molecule has 0 fully saturated rings. The van der Waals surface area contributed by atoms with Gasteiger partial charge in [0.25, 0.3) is 5.69 Å². The Morgan fingerprint density at radius 1 is 1.16 bits per heavy atom. The molecule has 0 aliphatic carbocycles. The maximum Gasteiger partial charge on any atom is 0.269 e. The van der Waals surface area contributed by atoms with E-state index in [-0.39, 0.29) is 17.9 Å². The summed E-state index contributed by atoms with van der Waals surface area (Å²) in [6.45, 7) is 4.23. The Hall–Kier alpha value is -3.02. The smallest absolute Gasteiger partial charge is 0.269 e. The first kappa shape index (κ1) is 16.8. The van der Waals surface area contributed by atoms with Crippen LogP contribution in [0.2, 0.25) is 0 Å². The zero-order valence-corrected chi connectivity index (χ0v) is 14.3. The summed E-state index contributed by atoms with van der Waals surface area (Å²) in [7, 11) is 1.58. The van der Waals surface area contributed by atoms with Crippen LogP contribution in [-0.4, -0.2) is 17.6 Å². The highest BCUT2D eigenvalue weighted by Gasteiger charge is 2.23. The van der Waals surface area contributed by atoms with Crippen LogP contribution in [0.4, 0.5) is 5.69 Å². The molecule has 130 valence electrons. The standard InChI is InChI=1S/C19H19NO5/c1-19(2)9-8-14-10-17(23-3)18(11-16(14)25-19)24-12-13-4-6-15(7-5-13)20(21)22/h4-11H,12H2,1-3H3. The maximum absolute atomic E-state index is 10.7. The highest BCUT2D eigenvalue weighted by atomic mass is 16.6. The van der Waals surface area contributed by atoms with E-state index in [4.69, 9.17) is 14.2 Å². The number of methoxy groups -OCH3 is 1. The van der Waals surface area contributed by atoms with E-state index in [0.717, 1.165) is 16.9 Å². The number of nitro benzene ring substituents is 1. The predicted octanol–water partition coefficient (Wildman–Crippen LogP) is 4.37. The molecule has 2 aromatic carbocycles. The second kappa shape index (κ2) is 6.47. The SMILES string of the molecule is COc1cc2c(cc1OCc1ccc([N+](=O)[O-])cc1)OC(C)(C)C=C2. The number of non-ortho nitro benzene ring substituents is 1. The van der Waals surface area contributed by atoms with E-state index in [0.29, 0.717) is 11.5 Å². The molecule has 1 heterocycles. The lowest BCUT2D eigenvalue weighted by atomic mass is 10.0. The van der Waals surface area contributed by atoms with Crippen LogP contribution in [-0.2, 0) is 6.61 Å². The minimum atomic E-state index is -0.427. The highest BCUT2D eigenvalue weighted by Crippen LogP contribution is 2.40. The summed E-state index contributed by atoms with van der Waals surface area (Å²) in [4.78, 5) is 10.3. The lowest BCUT2D eigenvalue weighted by molar-refractivity contribution is -0.384. The third-order valence-electron chi connectivity index (χ3n) is 3.87. The van der Waals surface area contributed by atoms with Gasteiger partial charge in [-0.15, -0.1) is 0 Å². The van der Waals surface area contributed by atoms with Gasteiger partial charge in [0.2, 0.25) is 0 Å². The van der Waals surface area contributed by atoms with E-state index < -0.39 is 4.92 Å². The quantitative estimate of drug-likeness (QED) is 0.597. The summed E-state index contributed by atoms with van der Waals surface area (Å²) in [6, 6.07) is 9.94. The van der Waals surface area contributed by atoms with E-state index in [9.17, 15) is 10.1 Å². The fourth-order valence-electron chi connectivity index (χ4n) is 2.53. The summed E-state index contributed by atoms with van der Waals surface area (Å²) in [5.74, 6) is 1.89. The van der Waals surface area contributed by atoms with Gasteiger partial charge in [-0.3, -0.25) is 10.1 Å². The number of hydrogen-bond acceptors (Lipinski definition) is 5. The number of fused-ring (bicyclic) bond motifs is 1. The molecule has 0 spiro atoms. The molecule has 0 unspecified atom stereocenters. The molecular formula is C19H19NO5. The van der Waals surface area contributed by atoms with Crippen molar-refractivity contribution in [2.75, 3.05) is 7.11 Å². The maximum atomic E-state index is 10.7. The largest absolute Gasteiger partial charge is 0.493 e. The topological polar surface area (TPSA) is 70.8 Å². The zero-order valence-electron chi connectivity index (χ0n) is 14.3. The minimum absolute atomic E-state index is 0.0533. The van der Waals surface area contributed by atoms with Crippen LogP contribution in [0.5, 0.6) is 17.2 Å². The molecule has 0 atom stereocenters. The predicted molar refractivity (Wildman–Crippen MR) is 94.2 cm³/mol. The van der Waals surface area contributed by atoms with E-state index in [1.807, 2.05) is 38.1 Å². The number of nitro groups is 1. The Morgan fingerprint density at radius 3 is 2.52 bits per heavy atom. The van der Waals surface area contributed by atoms with Crippen molar-refractivity contribution in [3.63, 3.8) is 0 Å². The van der Waals surface area contributed by atoms with Crippen LogP contribution < -0.4 is 14.2 Å². The molecule has 2 aromatic rings. The van der Waals surface area contributed by atoms with Crippen LogP contribution in [0.3, 0.4) is 0 Å². The molecule has 0 amide bonds. The number of benzene rings is 2. The van der Waals surface area contributed by atoms with Crippen LogP contribution in [0.25, 0.3) is 6.08 Å². The van der Waals surface area contributed by atoms with Crippen LogP contribution in [0.1, 0.15) is 25.0 Å². The molecule has 0 radical (unpaired) electrons. The molecule has 1 aliphatic rings. The molecule has 0 N–H and O–H groups in total. The second-order valence-electron chi connectivity index (χ2n) is 6.29. The third-order valence-corrected chi connectivity index (χ3v) is 3.87. The average molecular weight is 341 g/mol. The summed E-state index contributed by atoms with van der Waals surface area (Å²) in [5, 5.41) is 10.7. The Kier molecular flexibility index (Phi) is 4.35. The van der Waals surface area contributed by atoms with Crippen molar-refractivity contribution in [1.82, 2.24) is 0 Å². The lowest BCUT2D eigenvalue weighted by Gasteiger charge is -2.28. The zero-order chi connectivity index (χ0) is 18.0. The monoisotopic (exact) mass is 341 g/mol. The van der Waals surface area contributed by atoms with Gasteiger partial charge >= 0.3 is 0 Å². The van der Waals surface area contributed by atoms with Crippen molar-refractivity contribution < 1.29 is 19.1 Å². The first-order chi connectivity index (χ1) is 11.9. The lowest BCUT2D eigenvalue weighted by Crippen LogP contribution is -2.27. The Labute approximate surface area is 145 Å². The average Bonchev–Trinajstić information content (AvgIpc) is 2.58. The van der Waals surface area contributed by atoms with Crippen molar-refractivity contribution in [2.24, 2.45) is 0 Å². The number of hydrogen-bond donors (Lipinski definition) is 0. The molecule has 0 aromatic heterocycles. The van der Waals surface area contributed by atoms with E-state index in [1.165, 1.54) is 12.1 Å². The molecule has 25 heavy (non-hydrogen) atoms. The first-order valence-corrected chi connectivity index (χ1v) is 7.84. The minimum Gasteiger partial charge on any atom is -0.493 e. The Morgan fingerprint density at radius 2 is 1.88 bits per heavy atom. The van der Waals surface area contributed by atoms with Gasteiger partial charge in [-0.05, 0) is 43.7 Å². The highest BCUT2D eigenvalue weighted by molar-refractivity contribution is 5.66. The normalized spacial score (nSPS) is 14.4. The molecule has 3 rings (SSSR count). The van der Waals surface area contributed by atoms with E-state index in [1.54, 1.807) is 19.2 Å². The third kappa shape index (κ3) is 3.74. The first-order valence-electron chi connectivity index (χ1n) is 7.84. The second-order valence-corrected chi connectivity index (χ2v) is 6.29. The van der Waals surface area contributed by atoms with Gasteiger partial charge in [0, 0.05) is 23.8 Å². The molecular weight excluding hydrogens is 322 g/mol. The number of rotatable bonds is 5. The van der Waals surface area contributed by atoms with E-state index >= 15 is 0 Å². The fourth-order valence-corrected chi connectivity index (χ4v) is 2.53. The van der Waals surface area contributed by atoms with E-state index in [2.05, 4.69) is 0 Å². The van der Waals surface area contributed by atoms with Gasteiger partial charge in [-0.25, -0.2) is 0 Å². The summed E-state index contributed by atoms with van der Waals surface area (Å²) in [6.07, 6.45) is 3.99. The Bertz CT molecular complexity index is 824. The van der Waals surface area contributed by atoms with Gasteiger partial charge in [0.05, 0.1) is 12.0 Å².